The number of ether oxygens (including phenoxy) is 1. The first-order chi connectivity index (χ1) is 7.74. The Labute approximate surface area is 98.0 Å². The lowest BCUT2D eigenvalue weighted by Gasteiger charge is -2.35. The van der Waals surface area contributed by atoms with E-state index in [2.05, 4.69) is 9.97 Å². The van der Waals surface area contributed by atoms with E-state index in [0.29, 0.717) is 30.6 Å². The highest BCUT2D eigenvalue weighted by atomic mass is 35.5. The molecule has 1 aromatic rings. The number of morpholine rings is 1. The van der Waals surface area contributed by atoms with Gasteiger partial charge in [0.15, 0.2) is 5.82 Å². The molecule has 0 radical (unpaired) electrons. The summed E-state index contributed by atoms with van der Waals surface area (Å²) in [5.41, 5.74) is 5.61. The van der Waals surface area contributed by atoms with Crippen molar-refractivity contribution in [3.63, 3.8) is 0 Å². The number of hydrogen-bond donors (Lipinski definition) is 2. The van der Waals surface area contributed by atoms with Crippen LogP contribution in [0.1, 0.15) is 0 Å². The molecule has 2 heterocycles. The van der Waals surface area contributed by atoms with Gasteiger partial charge < -0.3 is 20.5 Å². The fraction of sp³-hybridized carbons (Fsp3) is 0.556. The first kappa shape index (κ1) is 11.4. The van der Waals surface area contributed by atoms with Crippen molar-refractivity contribution in [3.05, 3.63) is 11.3 Å². The molecule has 0 saturated carbocycles. The highest BCUT2D eigenvalue weighted by molar-refractivity contribution is 6.35. The lowest BCUT2D eigenvalue weighted by atomic mass is 10.2. The first-order valence-electron chi connectivity index (χ1n) is 4.95. The largest absolute Gasteiger partial charge is 0.394 e. The van der Waals surface area contributed by atoms with E-state index in [-0.39, 0.29) is 18.5 Å². The van der Waals surface area contributed by atoms with Crippen LogP contribution in [0.4, 0.5) is 11.6 Å². The SMILES string of the molecule is Nc1ncnc(N2CCOCC2CO)c1Cl. The zero-order valence-corrected chi connectivity index (χ0v) is 9.39. The smallest absolute Gasteiger partial charge is 0.153 e. The minimum Gasteiger partial charge on any atom is -0.394 e. The number of nitrogens with zero attached hydrogens (tertiary/aromatic N) is 3. The molecule has 6 nitrogen and oxygen atoms in total. The van der Waals surface area contributed by atoms with Crippen LogP contribution in [0.15, 0.2) is 6.33 Å². The topological polar surface area (TPSA) is 84.5 Å². The van der Waals surface area contributed by atoms with Gasteiger partial charge in [0.2, 0.25) is 0 Å². The normalized spacial score (nSPS) is 21.1. The Hall–Kier alpha value is -1.11. The molecule has 1 aliphatic heterocycles. The molecule has 1 atom stereocenters. The average molecular weight is 245 g/mol. The number of nitrogen functional groups attached to an aromatic ring is 1. The Morgan fingerprint density at radius 2 is 2.44 bits per heavy atom. The second kappa shape index (κ2) is 4.82. The lowest BCUT2D eigenvalue weighted by molar-refractivity contribution is 0.0723. The summed E-state index contributed by atoms with van der Waals surface area (Å²) < 4.78 is 5.28. The van der Waals surface area contributed by atoms with Gasteiger partial charge in [-0.05, 0) is 0 Å². The summed E-state index contributed by atoms with van der Waals surface area (Å²) in [5.74, 6) is 0.798. The number of halogens is 1. The number of rotatable bonds is 2. The maximum atomic E-state index is 9.24. The van der Waals surface area contributed by atoms with Crippen LogP contribution in [0.3, 0.4) is 0 Å². The molecular weight excluding hydrogens is 232 g/mol. The van der Waals surface area contributed by atoms with E-state index in [9.17, 15) is 5.11 Å². The van der Waals surface area contributed by atoms with Crippen LogP contribution in [-0.4, -0.2) is 47.5 Å². The van der Waals surface area contributed by atoms with Gasteiger partial charge in [-0.15, -0.1) is 0 Å². The summed E-state index contributed by atoms with van der Waals surface area (Å²) >= 11 is 6.03. The highest BCUT2D eigenvalue weighted by Gasteiger charge is 2.26. The number of aromatic nitrogens is 2. The van der Waals surface area contributed by atoms with Crippen molar-refractivity contribution in [2.45, 2.75) is 6.04 Å². The van der Waals surface area contributed by atoms with Crippen molar-refractivity contribution in [2.75, 3.05) is 37.0 Å². The van der Waals surface area contributed by atoms with E-state index in [0.717, 1.165) is 0 Å². The number of aliphatic hydroxyl groups excluding tert-OH is 1. The fourth-order valence-electron chi connectivity index (χ4n) is 1.66. The summed E-state index contributed by atoms with van der Waals surface area (Å²) in [6, 6.07) is -0.138. The molecule has 2 rings (SSSR count). The maximum absolute atomic E-state index is 9.24. The minimum atomic E-state index is -0.138. The maximum Gasteiger partial charge on any atom is 0.153 e. The van der Waals surface area contributed by atoms with Gasteiger partial charge in [-0.1, -0.05) is 11.6 Å². The van der Waals surface area contributed by atoms with Crippen LogP contribution in [0.25, 0.3) is 0 Å². The van der Waals surface area contributed by atoms with E-state index in [1.807, 2.05) is 4.90 Å². The Balaban J connectivity index is 2.30. The summed E-state index contributed by atoms with van der Waals surface area (Å²) in [6.45, 7) is 1.65. The van der Waals surface area contributed by atoms with Crippen molar-refractivity contribution in [2.24, 2.45) is 0 Å². The average Bonchev–Trinajstić information content (AvgIpc) is 2.33. The molecule has 1 saturated heterocycles. The molecule has 1 aliphatic rings. The first-order valence-corrected chi connectivity index (χ1v) is 5.33. The molecule has 7 heteroatoms. The predicted octanol–water partition coefficient (Wildman–Crippen LogP) is -0.0903. The molecule has 16 heavy (non-hydrogen) atoms. The molecule has 0 amide bonds. The summed E-state index contributed by atoms with van der Waals surface area (Å²) in [5, 5.41) is 9.57. The molecular formula is C9H13ClN4O2. The minimum absolute atomic E-state index is 0.0137. The van der Waals surface area contributed by atoms with E-state index in [4.69, 9.17) is 22.1 Å². The Morgan fingerprint density at radius 3 is 3.19 bits per heavy atom. The van der Waals surface area contributed by atoms with Gasteiger partial charge in [-0.2, -0.15) is 0 Å². The van der Waals surface area contributed by atoms with Crippen LogP contribution in [0.2, 0.25) is 5.02 Å². The number of hydrogen-bond acceptors (Lipinski definition) is 6. The fourth-order valence-corrected chi connectivity index (χ4v) is 1.86. The van der Waals surface area contributed by atoms with Gasteiger partial charge >= 0.3 is 0 Å². The van der Waals surface area contributed by atoms with Gasteiger partial charge in [0, 0.05) is 6.54 Å². The Bertz CT molecular complexity index is 377. The monoisotopic (exact) mass is 244 g/mol. The molecule has 88 valence electrons. The lowest BCUT2D eigenvalue weighted by Crippen LogP contribution is -2.48. The van der Waals surface area contributed by atoms with Gasteiger partial charge in [0.05, 0.1) is 25.9 Å². The number of aliphatic hydroxyl groups is 1. The third-order valence-electron chi connectivity index (χ3n) is 2.51. The van der Waals surface area contributed by atoms with E-state index in [1.165, 1.54) is 6.33 Å². The molecule has 1 fully saturated rings. The van der Waals surface area contributed by atoms with Crippen molar-refractivity contribution in [1.29, 1.82) is 0 Å². The highest BCUT2D eigenvalue weighted by Crippen LogP contribution is 2.29. The van der Waals surface area contributed by atoms with E-state index >= 15 is 0 Å². The second-order valence-electron chi connectivity index (χ2n) is 3.50. The predicted molar refractivity (Wildman–Crippen MR) is 60.5 cm³/mol. The van der Waals surface area contributed by atoms with Crippen LogP contribution in [-0.2, 0) is 4.74 Å². The third-order valence-corrected chi connectivity index (χ3v) is 2.87. The van der Waals surface area contributed by atoms with Gasteiger partial charge in [-0.3, -0.25) is 0 Å². The summed E-state index contributed by atoms with van der Waals surface area (Å²) in [7, 11) is 0. The van der Waals surface area contributed by atoms with Crippen molar-refractivity contribution >= 4 is 23.2 Å². The number of anilines is 2. The Morgan fingerprint density at radius 1 is 1.62 bits per heavy atom. The molecule has 0 aromatic carbocycles. The van der Waals surface area contributed by atoms with E-state index in [1.54, 1.807) is 0 Å². The molecule has 1 aromatic heterocycles. The third kappa shape index (κ3) is 2.04. The quantitative estimate of drug-likeness (QED) is 0.757. The van der Waals surface area contributed by atoms with Gasteiger partial charge in [0.25, 0.3) is 0 Å². The second-order valence-corrected chi connectivity index (χ2v) is 3.88. The Kier molecular flexibility index (Phi) is 3.42. The van der Waals surface area contributed by atoms with Crippen LogP contribution in [0, 0.1) is 0 Å². The van der Waals surface area contributed by atoms with Crippen molar-refractivity contribution in [3.8, 4) is 0 Å². The van der Waals surface area contributed by atoms with Crippen LogP contribution >= 0.6 is 11.6 Å². The standard InChI is InChI=1S/C9H13ClN4O2/c10-7-8(11)12-5-13-9(7)14-1-2-16-4-6(14)3-15/h5-6,15H,1-4H2,(H2,11,12,13). The summed E-state index contributed by atoms with van der Waals surface area (Å²) in [6.07, 6.45) is 1.36. The molecule has 0 aliphatic carbocycles. The van der Waals surface area contributed by atoms with Crippen molar-refractivity contribution in [1.82, 2.24) is 9.97 Å². The van der Waals surface area contributed by atoms with Crippen molar-refractivity contribution < 1.29 is 9.84 Å². The van der Waals surface area contributed by atoms with Gasteiger partial charge in [-0.25, -0.2) is 9.97 Å². The van der Waals surface area contributed by atoms with Crippen LogP contribution in [0.5, 0.6) is 0 Å². The zero-order valence-electron chi connectivity index (χ0n) is 8.64. The van der Waals surface area contributed by atoms with Gasteiger partial charge in [0.1, 0.15) is 17.2 Å². The molecule has 3 N–H and O–H groups in total. The number of nitrogens with two attached hydrogens (primary N) is 1. The summed E-state index contributed by atoms with van der Waals surface area (Å²) in [4.78, 5) is 9.79. The van der Waals surface area contributed by atoms with Crippen LogP contribution < -0.4 is 10.6 Å². The molecule has 1 unspecified atom stereocenters. The van der Waals surface area contributed by atoms with E-state index < -0.39 is 0 Å². The zero-order chi connectivity index (χ0) is 11.5. The molecule has 0 bridgehead atoms. The molecule has 0 spiro atoms.